The molecule has 0 aliphatic heterocycles. The zero-order valence-electron chi connectivity index (χ0n) is 9.84. The first-order valence-electron chi connectivity index (χ1n) is 5.03. The molecule has 5 heteroatoms. The Labute approximate surface area is 116 Å². The Bertz CT molecular complexity index is 607. The summed E-state index contributed by atoms with van der Waals surface area (Å²) in [6, 6.07) is 10.3. The molecule has 0 amide bonds. The van der Waals surface area contributed by atoms with Crippen molar-refractivity contribution in [3.8, 4) is 5.75 Å². The van der Waals surface area contributed by atoms with Gasteiger partial charge in [0.05, 0.1) is 0 Å². The molecule has 0 aliphatic carbocycles. The Morgan fingerprint density at radius 3 is 2.39 bits per heavy atom. The predicted octanol–water partition coefficient (Wildman–Crippen LogP) is 2.46. The minimum absolute atomic E-state index is 0. The van der Waals surface area contributed by atoms with Crippen molar-refractivity contribution in [3.05, 3.63) is 42.0 Å². The van der Waals surface area contributed by atoms with Gasteiger partial charge in [-0.15, -0.1) is 0 Å². The van der Waals surface area contributed by atoms with E-state index in [-0.39, 0.29) is 30.8 Å². The van der Waals surface area contributed by atoms with Crippen molar-refractivity contribution in [1.82, 2.24) is 0 Å². The van der Waals surface area contributed by atoms with Crippen molar-refractivity contribution in [2.75, 3.05) is 0 Å². The number of aromatic carboxylic acids is 1. The van der Waals surface area contributed by atoms with E-state index in [1.54, 1.807) is 24.3 Å². The van der Waals surface area contributed by atoms with Crippen LogP contribution in [0.25, 0.3) is 10.8 Å². The van der Waals surface area contributed by atoms with Crippen molar-refractivity contribution in [2.45, 2.75) is 6.92 Å². The van der Waals surface area contributed by atoms with E-state index in [0.29, 0.717) is 5.39 Å². The van der Waals surface area contributed by atoms with Crippen LogP contribution in [-0.4, -0.2) is 17.0 Å². The van der Waals surface area contributed by atoms with E-state index in [1.807, 2.05) is 6.07 Å². The van der Waals surface area contributed by atoms with Crippen LogP contribution in [0.1, 0.15) is 17.3 Å². The minimum Gasteiger partial charge on any atom is -0.478 e. The van der Waals surface area contributed by atoms with Gasteiger partial charge in [0.2, 0.25) is 0 Å². The number of fused-ring (bicyclic) bond motifs is 1. The summed E-state index contributed by atoms with van der Waals surface area (Å²) in [5, 5.41) is 10.5. The molecule has 4 nitrogen and oxygen atoms in total. The number of ether oxygens (including phenoxy) is 1. The molecular formula is C13H10O4Zn. The summed E-state index contributed by atoms with van der Waals surface area (Å²) in [7, 11) is 0. The van der Waals surface area contributed by atoms with Gasteiger partial charge in [0, 0.05) is 26.4 Å². The van der Waals surface area contributed by atoms with Gasteiger partial charge in [-0.3, -0.25) is 4.79 Å². The fraction of sp³-hybridized carbons (Fsp3) is 0.0769. The number of hydrogen-bond acceptors (Lipinski definition) is 3. The Morgan fingerprint density at radius 1 is 1.11 bits per heavy atom. The van der Waals surface area contributed by atoms with Crippen molar-refractivity contribution in [1.29, 1.82) is 0 Å². The Balaban J connectivity index is 0.00000162. The SMILES string of the molecule is CC(=O)Oc1ccc2ccccc2c1C(=O)O.[Zn]. The monoisotopic (exact) mass is 294 g/mol. The van der Waals surface area contributed by atoms with Gasteiger partial charge in [0.1, 0.15) is 11.3 Å². The number of benzene rings is 2. The van der Waals surface area contributed by atoms with Gasteiger partial charge in [-0.25, -0.2) is 4.79 Å². The van der Waals surface area contributed by atoms with Crippen LogP contribution in [0, 0.1) is 0 Å². The predicted molar refractivity (Wildman–Crippen MR) is 62.2 cm³/mol. The van der Waals surface area contributed by atoms with E-state index >= 15 is 0 Å². The van der Waals surface area contributed by atoms with Crippen LogP contribution in [-0.2, 0) is 24.3 Å². The molecule has 2 aromatic carbocycles. The van der Waals surface area contributed by atoms with Gasteiger partial charge >= 0.3 is 11.9 Å². The number of rotatable bonds is 2. The molecule has 88 valence electrons. The summed E-state index contributed by atoms with van der Waals surface area (Å²) in [6.07, 6.45) is 0. The number of esters is 1. The normalized spacial score (nSPS) is 9.61. The van der Waals surface area contributed by atoms with Crippen molar-refractivity contribution in [3.63, 3.8) is 0 Å². The maximum absolute atomic E-state index is 11.2. The zero-order chi connectivity index (χ0) is 12.4. The smallest absolute Gasteiger partial charge is 0.340 e. The van der Waals surface area contributed by atoms with Crippen LogP contribution in [0.4, 0.5) is 0 Å². The molecule has 0 spiro atoms. The van der Waals surface area contributed by atoms with E-state index in [1.165, 1.54) is 13.0 Å². The van der Waals surface area contributed by atoms with Crippen LogP contribution in [0.2, 0.25) is 0 Å². The summed E-state index contributed by atoms with van der Waals surface area (Å²) in [5.41, 5.74) is 0.0123. The molecule has 0 saturated carbocycles. The maximum atomic E-state index is 11.2. The minimum atomic E-state index is -1.11. The molecule has 2 aromatic rings. The first kappa shape index (κ1) is 14.3. The zero-order valence-corrected chi connectivity index (χ0v) is 12.8. The third-order valence-electron chi connectivity index (χ3n) is 2.36. The summed E-state index contributed by atoms with van der Waals surface area (Å²) in [5.74, 6) is -1.58. The molecule has 0 unspecified atom stereocenters. The largest absolute Gasteiger partial charge is 0.478 e. The second-order valence-electron chi connectivity index (χ2n) is 3.56. The van der Waals surface area contributed by atoms with Crippen LogP contribution in [0.3, 0.4) is 0 Å². The molecule has 0 saturated heterocycles. The van der Waals surface area contributed by atoms with Crippen LogP contribution < -0.4 is 4.74 Å². The number of hydrogen-bond donors (Lipinski definition) is 1. The van der Waals surface area contributed by atoms with Gasteiger partial charge in [-0.05, 0) is 16.8 Å². The summed E-state index contributed by atoms with van der Waals surface area (Å²) in [6.45, 7) is 1.24. The molecular weight excluding hydrogens is 286 g/mol. The van der Waals surface area contributed by atoms with E-state index < -0.39 is 11.9 Å². The van der Waals surface area contributed by atoms with Gasteiger partial charge in [-0.2, -0.15) is 0 Å². The second kappa shape index (κ2) is 5.74. The second-order valence-corrected chi connectivity index (χ2v) is 3.56. The van der Waals surface area contributed by atoms with Crippen LogP contribution >= 0.6 is 0 Å². The van der Waals surface area contributed by atoms with Gasteiger partial charge in [-0.1, -0.05) is 30.3 Å². The van der Waals surface area contributed by atoms with E-state index in [2.05, 4.69) is 0 Å². The van der Waals surface area contributed by atoms with Crippen molar-refractivity contribution < 1.29 is 38.9 Å². The molecule has 2 rings (SSSR count). The van der Waals surface area contributed by atoms with Crippen molar-refractivity contribution >= 4 is 22.7 Å². The molecule has 0 heterocycles. The number of carbonyl (C=O) groups is 2. The molecule has 0 radical (unpaired) electrons. The molecule has 1 N–H and O–H groups in total. The van der Waals surface area contributed by atoms with Crippen LogP contribution in [0.15, 0.2) is 36.4 Å². The molecule has 18 heavy (non-hydrogen) atoms. The average Bonchev–Trinajstić information content (AvgIpc) is 2.27. The summed E-state index contributed by atoms with van der Waals surface area (Å²) >= 11 is 0. The standard InChI is InChI=1S/C13H10O4.Zn/c1-8(14)17-11-7-6-9-4-2-3-5-10(9)12(11)13(15)16;/h2-7H,1H3,(H,15,16);. The third kappa shape index (κ3) is 2.74. The summed E-state index contributed by atoms with van der Waals surface area (Å²) in [4.78, 5) is 22.1. The molecule has 0 fully saturated rings. The van der Waals surface area contributed by atoms with E-state index in [0.717, 1.165) is 5.39 Å². The van der Waals surface area contributed by atoms with Gasteiger partial charge < -0.3 is 9.84 Å². The quantitative estimate of drug-likeness (QED) is 0.525. The Kier molecular flexibility index (Phi) is 4.57. The van der Waals surface area contributed by atoms with E-state index in [4.69, 9.17) is 4.74 Å². The molecule has 0 atom stereocenters. The van der Waals surface area contributed by atoms with E-state index in [9.17, 15) is 14.7 Å². The fourth-order valence-corrected chi connectivity index (χ4v) is 1.71. The van der Waals surface area contributed by atoms with Gasteiger partial charge in [0.15, 0.2) is 0 Å². The Morgan fingerprint density at radius 2 is 1.78 bits per heavy atom. The number of carbonyl (C=O) groups excluding carboxylic acids is 1. The van der Waals surface area contributed by atoms with Gasteiger partial charge in [0.25, 0.3) is 0 Å². The molecule has 0 aromatic heterocycles. The third-order valence-corrected chi connectivity index (χ3v) is 2.36. The van der Waals surface area contributed by atoms with Crippen LogP contribution in [0.5, 0.6) is 5.75 Å². The topological polar surface area (TPSA) is 63.6 Å². The Hall–Kier alpha value is -1.74. The molecule has 0 aliphatic rings. The maximum Gasteiger partial charge on any atom is 0.340 e. The first-order chi connectivity index (χ1) is 8.09. The first-order valence-corrected chi connectivity index (χ1v) is 5.03. The van der Waals surface area contributed by atoms with Crippen molar-refractivity contribution in [2.24, 2.45) is 0 Å². The number of carboxylic acids is 1. The molecule has 0 bridgehead atoms. The summed E-state index contributed by atoms with van der Waals surface area (Å²) < 4.78 is 4.90. The fourth-order valence-electron chi connectivity index (χ4n) is 1.71. The average molecular weight is 296 g/mol. The number of carboxylic acid groups (broad SMARTS) is 1.